The van der Waals surface area contributed by atoms with E-state index >= 15 is 0 Å². The number of aromatic nitrogens is 2. The number of hydrogen-bond donors (Lipinski definition) is 2. The standard InChI is InChI=1S/C22H36N6.HI/c1-17(2)27(6)14-10-9-13-24-22(23-5)25-16-20-11-7-8-12-21(20)28-19(4)15-18(3)26-28;/h7-8,11-12,15,17H,9-10,13-14,16H2,1-6H3,(H2,23,24,25);1H. The van der Waals surface area contributed by atoms with Crippen molar-refractivity contribution in [3.8, 4) is 5.69 Å². The van der Waals surface area contributed by atoms with Crippen molar-refractivity contribution in [1.82, 2.24) is 25.3 Å². The van der Waals surface area contributed by atoms with Gasteiger partial charge >= 0.3 is 0 Å². The number of aryl methyl sites for hydroxylation is 2. The van der Waals surface area contributed by atoms with Crippen LogP contribution in [0.25, 0.3) is 5.69 Å². The molecule has 7 heteroatoms. The van der Waals surface area contributed by atoms with Gasteiger partial charge in [0.2, 0.25) is 0 Å². The molecule has 1 aromatic carbocycles. The monoisotopic (exact) mass is 512 g/mol. The van der Waals surface area contributed by atoms with Crippen LogP contribution in [0.5, 0.6) is 0 Å². The van der Waals surface area contributed by atoms with Gasteiger partial charge in [-0.15, -0.1) is 24.0 Å². The first-order valence-electron chi connectivity index (χ1n) is 10.2. The molecule has 2 rings (SSSR count). The number of benzene rings is 1. The van der Waals surface area contributed by atoms with Crippen molar-refractivity contribution >= 4 is 29.9 Å². The predicted molar refractivity (Wildman–Crippen MR) is 134 cm³/mol. The zero-order chi connectivity index (χ0) is 20.5. The van der Waals surface area contributed by atoms with E-state index in [4.69, 9.17) is 0 Å². The Morgan fingerprint density at radius 2 is 1.90 bits per heavy atom. The molecule has 6 nitrogen and oxygen atoms in total. The average molecular weight is 512 g/mol. The number of nitrogens with zero attached hydrogens (tertiary/aromatic N) is 4. The number of halogens is 1. The van der Waals surface area contributed by atoms with Crippen LogP contribution in [0.2, 0.25) is 0 Å². The molecule has 162 valence electrons. The van der Waals surface area contributed by atoms with Gasteiger partial charge in [0.1, 0.15) is 0 Å². The fourth-order valence-corrected chi connectivity index (χ4v) is 3.09. The number of unbranched alkanes of at least 4 members (excludes halogenated alkanes) is 1. The lowest BCUT2D eigenvalue weighted by molar-refractivity contribution is 0.268. The Bertz CT molecular complexity index is 768. The molecule has 0 fully saturated rings. The third kappa shape index (κ3) is 7.97. The van der Waals surface area contributed by atoms with Gasteiger partial charge in [-0.1, -0.05) is 18.2 Å². The van der Waals surface area contributed by atoms with Crippen LogP contribution in [-0.4, -0.2) is 53.9 Å². The summed E-state index contributed by atoms with van der Waals surface area (Å²) in [5.41, 5.74) is 4.46. The van der Waals surface area contributed by atoms with E-state index in [9.17, 15) is 0 Å². The third-order valence-electron chi connectivity index (χ3n) is 5.01. The first-order valence-corrected chi connectivity index (χ1v) is 10.2. The summed E-state index contributed by atoms with van der Waals surface area (Å²) in [5, 5.41) is 11.5. The van der Waals surface area contributed by atoms with E-state index in [1.54, 1.807) is 0 Å². The summed E-state index contributed by atoms with van der Waals surface area (Å²) in [4.78, 5) is 6.73. The Labute approximate surface area is 193 Å². The molecule has 0 aliphatic heterocycles. The largest absolute Gasteiger partial charge is 0.356 e. The minimum Gasteiger partial charge on any atom is -0.356 e. The molecule has 2 N–H and O–H groups in total. The highest BCUT2D eigenvalue weighted by Gasteiger charge is 2.09. The molecule has 0 aliphatic rings. The van der Waals surface area contributed by atoms with Gasteiger partial charge in [0.25, 0.3) is 0 Å². The lowest BCUT2D eigenvalue weighted by Gasteiger charge is -2.20. The number of nitrogens with one attached hydrogen (secondary N) is 2. The Morgan fingerprint density at radius 1 is 1.17 bits per heavy atom. The van der Waals surface area contributed by atoms with Crippen LogP contribution in [-0.2, 0) is 6.54 Å². The summed E-state index contributed by atoms with van der Waals surface area (Å²) in [7, 11) is 3.99. The fourth-order valence-electron chi connectivity index (χ4n) is 3.09. The normalized spacial score (nSPS) is 11.7. The predicted octanol–water partition coefficient (Wildman–Crippen LogP) is 3.89. The highest BCUT2D eigenvalue weighted by molar-refractivity contribution is 14.0. The number of aliphatic imine (C=N–C) groups is 1. The zero-order valence-electron chi connectivity index (χ0n) is 18.7. The van der Waals surface area contributed by atoms with Crippen molar-refractivity contribution in [2.24, 2.45) is 4.99 Å². The van der Waals surface area contributed by atoms with Gasteiger partial charge in [-0.2, -0.15) is 5.10 Å². The summed E-state index contributed by atoms with van der Waals surface area (Å²) in [6.45, 7) is 11.3. The molecule has 0 bridgehead atoms. The number of hydrogen-bond acceptors (Lipinski definition) is 3. The summed E-state index contributed by atoms with van der Waals surface area (Å²) in [5.74, 6) is 0.834. The zero-order valence-corrected chi connectivity index (χ0v) is 21.0. The van der Waals surface area contributed by atoms with Crippen LogP contribution in [0.3, 0.4) is 0 Å². The lowest BCUT2D eigenvalue weighted by atomic mass is 10.1. The van der Waals surface area contributed by atoms with Crippen molar-refractivity contribution in [3.05, 3.63) is 47.3 Å². The van der Waals surface area contributed by atoms with Crippen molar-refractivity contribution in [1.29, 1.82) is 0 Å². The van der Waals surface area contributed by atoms with Gasteiger partial charge in [-0.05, 0) is 71.8 Å². The summed E-state index contributed by atoms with van der Waals surface area (Å²) >= 11 is 0. The second-order valence-corrected chi connectivity index (χ2v) is 7.60. The van der Waals surface area contributed by atoms with Crippen molar-refractivity contribution in [2.75, 3.05) is 27.2 Å². The second-order valence-electron chi connectivity index (χ2n) is 7.60. The minimum atomic E-state index is 0. The molecule has 0 aliphatic carbocycles. The highest BCUT2D eigenvalue weighted by atomic mass is 127. The molecule has 0 unspecified atom stereocenters. The topological polar surface area (TPSA) is 57.5 Å². The van der Waals surface area contributed by atoms with E-state index in [0.717, 1.165) is 42.5 Å². The number of guanidine groups is 1. The van der Waals surface area contributed by atoms with E-state index in [0.29, 0.717) is 12.6 Å². The van der Waals surface area contributed by atoms with E-state index in [2.05, 4.69) is 83.8 Å². The molecule has 0 saturated carbocycles. The Morgan fingerprint density at radius 3 is 2.52 bits per heavy atom. The van der Waals surface area contributed by atoms with E-state index < -0.39 is 0 Å². The van der Waals surface area contributed by atoms with Crippen molar-refractivity contribution < 1.29 is 0 Å². The summed E-state index contributed by atoms with van der Waals surface area (Å²) in [6.07, 6.45) is 2.31. The van der Waals surface area contributed by atoms with Crippen LogP contribution < -0.4 is 10.6 Å². The highest BCUT2D eigenvalue weighted by Crippen LogP contribution is 2.16. The fraction of sp³-hybridized carbons (Fsp3) is 0.545. The molecule has 0 amide bonds. The average Bonchev–Trinajstić information content (AvgIpc) is 3.01. The van der Waals surface area contributed by atoms with Crippen LogP contribution in [0.1, 0.15) is 43.6 Å². The molecule has 0 saturated heterocycles. The lowest BCUT2D eigenvalue weighted by Crippen LogP contribution is -2.37. The van der Waals surface area contributed by atoms with Gasteiger partial charge in [0, 0.05) is 31.9 Å². The Kier molecular flexibility index (Phi) is 11.3. The van der Waals surface area contributed by atoms with E-state index in [1.165, 1.54) is 12.0 Å². The van der Waals surface area contributed by atoms with Crippen LogP contribution in [0.15, 0.2) is 35.3 Å². The van der Waals surface area contributed by atoms with Crippen molar-refractivity contribution in [3.63, 3.8) is 0 Å². The molecule has 0 spiro atoms. The van der Waals surface area contributed by atoms with Crippen LogP contribution in [0.4, 0.5) is 0 Å². The summed E-state index contributed by atoms with van der Waals surface area (Å²) in [6, 6.07) is 11.1. The smallest absolute Gasteiger partial charge is 0.191 e. The SMILES string of the molecule is CN=C(NCCCCN(C)C(C)C)NCc1ccccc1-n1nc(C)cc1C.I. The molecule has 2 aromatic rings. The maximum absolute atomic E-state index is 4.62. The molecule has 29 heavy (non-hydrogen) atoms. The molecule has 0 radical (unpaired) electrons. The molecule has 1 heterocycles. The van der Waals surface area contributed by atoms with Crippen LogP contribution in [0, 0.1) is 13.8 Å². The quantitative estimate of drug-likeness (QED) is 0.232. The first kappa shape index (κ1) is 25.4. The minimum absolute atomic E-state index is 0. The van der Waals surface area contributed by atoms with Gasteiger partial charge in [-0.3, -0.25) is 4.99 Å². The summed E-state index contributed by atoms with van der Waals surface area (Å²) < 4.78 is 2.01. The second kappa shape index (κ2) is 12.8. The maximum atomic E-state index is 4.62. The van der Waals surface area contributed by atoms with Crippen LogP contribution >= 0.6 is 24.0 Å². The molecular weight excluding hydrogens is 475 g/mol. The maximum Gasteiger partial charge on any atom is 0.191 e. The Balaban J connectivity index is 0.00000420. The van der Waals surface area contributed by atoms with E-state index in [-0.39, 0.29) is 24.0 Å². The van der Waals surface area contributed by atoms with Gasteiger partial charge in [-0.25, -0.2) is 4.68 Å². The van der Waals surface area contributed by atoms with Gasteiger partial charge in [0.05, 0.1) is 11.4 Å². The third-order valence-corrected chi connectivity index (χ3v) is 5.01. The van der Waals surface area contributed by atoms with Gasteiger partial charge < -0.3 is 15.5 Å². The molecule has 1 aromatic heterocycles. The molecular formula is C22H37IN6. The molecule has 0 atom stereocenters. The van der Waals surface area contributed by atoms with E-state index in [1.807, 2.05) is 18.7 Å². The first-order chi connectivity index (χ1) is 13.4. The number of para-hydroxylation sites is 1. The van der Waals surface area contributed by atoms with Gasteiger partial charge in [0.15, 0.2) is 5.96 Å². The number of rotatable bonds is 9. The Hall–Kier alpha value is -1.61. The van der Waals surface area contributed by atoms with Crippen molar-refractivity contribution in [2.45, 2.75) is 53.1 Å².